The summed E-state index contributed by atoms with van der Waals surface area (Å²) in [6.45, 7) is 3.41. The molecule has 1 saturated heterocycles. The highest BCUT2D eigenvalue weighted by Crippen LogP contribution is 2.33. The molecule has 2 aliphatic rings. The maximum Gasteiger partial charge on any atom is 0.319 e. The van der Waals surface area contributed by atoms with Crippen molar-refractivity contribution in [3.05, 3.63) is 29.8 Å². The monoisotopic (exact) mass is 340 g/mol. The molecule has 1 aromatic carbocycles. The molecule has 2 atom stereocenters. The van der Waals surface area contributed by atoms with Crippen molar-refractivity contribution in [3.8, 4) is 6.07 Å². The Kier molecular flexibility index (Phi) is 5.93. The number of carbonyl (C=O) groups excluding carboxylic acids is 1. The van der Waals surface area contributed by atoms with Gasteiger partial charge in [0.15, 0.2) is 0 Å². The minimum atomic E-state index is -0.389. The molecule has 0 bridgehead atoms. The number of nitriles is 1. The highest BCUT2D eigenvalue weighted by Gasteiger charge is 2.34. The van der Waals surface area contributed by atoms with Gasteiger partial charge >= 0.3 is 6.03 Å². The van der Waals surface area contributed by atoms with Gasteiger partial charge in [0, 0.05) is 18.3 Å². The number of carbonyl (C=O) groups is 1. The number of urea groups is 1. The van der Waals surface area contributed by atoms with E-state index in [-0.39, 0.29) is 12.1 Å². The quantitative estimate of drug-likeness (QED) is 0.912. The Bertz CT molecular complexity index is 616. The highest BCUT2D eigenvalue weighted by atomic mass is 16.2. The Morgan fingerprint density at radius 1 is 1.12 bits per heavy atom. The number of likely N-dealkylation sites (tertiary alicyclic amines) is 1. The fourth-order valence-electron chi connectivity index (χ4n) is 4.39. The molecule has 1 aliphatic carbocycles. The van der Waals surface area contributed by atoms with Crippen LogP contribution in [0.1, 0.15) is 50.5 Å². The van der Waals surface area contributed by atoms with Crippen molar-refractivity contribution in [2.45, 2.75) is 51.0 Å². The van der Waals surface area contributed by atoms with Crippen LogP contribution in [-0.2, 0) is 0 Å². The van der Waals surface area contributed by atoms with E-state index < -0.39 is 0 Å². The van der Waals surface area contributed by atoms with Crippen LogP contribution in [0, 0.1) is 17.2 Å². The van der Waals surface area contributed by atoms with E-state index in [0.29, 0.717) is 11.5 Å². The lowest BCUT2D eigenvalue weighted by Crippen LogP contribution is -2.51. The fraction of sp³-hybridized carbons (Fsp3) is 0.600. The molecular formula is C20H28N4O. The van der Waals surface area contributed by atoms with E-state index in [0.717, 1.165) is 31.5 Å². The number of benzene rings is 1. The summed E-state index contributed by atoms with van der Waals surface area (Å²) in [6.07, 6.45) is 8.43. The van der Waals surface area contributed by atoms with Crippen molar-refractivity contribution in [1.29, 1.82) is 5.26 Å². The Labute approximate surface area is 150 Å². The van der Waals surface area contributed by atoms with Gasteiger partial charge in [0.1, 0.15) is 0 Å². The molecule has 1 aromatic rings. The lowest BCUT2D eigenvalue weighted by Gasteiger charge is -2.42. The second-order valence-electron chi connectivity index (χ2n) is 7.34. The first-order valence-corrected chi connectivity index (χ1v) is 9.50. The predicted octanol–water partition coefficient (Wildman–Crippen LogP) is 3.49. The third kappa shape index (κ3) is 4.32. The second-order valence-corrected chi connectivity index (χ2v) is 7.34. The van der Waals surface area contributed by atoms with Crippen LogP contribution < -0.4 is 10.6 Å². The number of anilines is 1. The molecule has 2 fully saturated rings. The maximum absolute atomic E-state index is 12.3. The zero-order chi connectivity index (χ0) is 17.6. The smallest absolute Gasteiger partial charge is 0.319 e. The normalized spacial score (nSPS) is 24.4. The number of primary amides is 1. The van der Waals surface area contributed by atoms with Crippen molar-refractivity contribution in [1.82, 2.24) is 4.90 Å². The van der Waals surface area contributed by atoms with Crippen LogP contribution in [0.3, 0.4) is 0 Å². The number of hydrogen-bond acceptors (Lipinski definition) is 3. The maximum atomic E-state index is 12.3. The zero-order valence-corrected chi connectivity index (χ0v) is 14.9. The van der Waals surface area contributed by atoms with Crippen LogP contribution in [0.15, 0.2) is 24.3 Å². The Hall–Kier alpha value is -2.06. The lowest BCUT2D eigenvalue weighted by atomic mass is 9.82. The average Bonchev–Trinajstić information content (AvgIpc) is 2.64. The molecule has 134 valence electrons. The van der Waals surface area contributed by atoms with Gasteiger partial charge in [0.05, 0.1) is 11.6 Å². The summed E-state index contributed by atoms with van der Waals surface area (Å²) >= 11 is 0. The van der Waals surface area contributed by atoms with Crippen molar-refractivity contribution >= 4 is 11.7 Å². The Balaban J connectivity index is 1.79. The molecule has 1 aliphatic heterocycles. The van der Waals surface area contributed by atoms with Crippen LogP contribution in [0.2, 0.25) is 0 Å². The minimum Gasteiger partial charge on any atom is -0.351 e. The van der Waals surface area contributed by atoms with Gasteiger partial charge in [-0.05, 0) is 69.0 Å². The lowest BCUT2D eigenvalue weighted by molar-refractivity contribution is 0.158. The van der Waals surface area contributed by atoms with Crippen LogP contribution in [0.5, 0.6) is 0 Å². The summed E-state index contributed by atoms with van der Waals surface area (Å²) < 4.78 is 0. The summed E-state index contributed by atoms with van der Waals surface area (Å²) in [5.41, 5.74) is 7.18. The summed E-state index contributed by atoms with van der Waals surface area (Å²) in [7, 11) is 0. The van der Waals surface area contributed by atoms with Crippen molar-refractivity contribution in [2.75, 3.05) is 24.5 Å². The topological polar surface area (TPSA) is 73.4 Å². The van der Waals surface area contributed by atoms with Gasteiger partial charge in [0.25, 0.3) is 0 Å². The molecular weight excluding hydrogens is 312 g/mol. The van der Waals surface area contributed by atoms with Gasteiger partial charge in [0.2, 0.25) is 0 Å². The van der Waals surface area contributed by atoms with Gasteiger partial charge in [-0.15, -0.1) is 0 Å². The van der Waals surface area contributed by atoms with Crippen LogP contribution in [0.4, 0.5) is 10.5 Å². The van der Waals surface area contributed by atoms with E-state index in [1.165, 1.54) is 38.8 Å². The van der Waals surface area contributed by atoms with E-state index in [4.69, 9.17) is 11.0 Å². The van der Waals surface area contributed by atoms with E-state index in [9.17, 15) is 4.79 Å². The third-order valence-corrected chi connectivity index (χ3v) is 5.65. The number of nitrogens with zero attached hydrogens (tertiary/aromatic N) is 3. The average molecular weight is 340 g/mol. The fourth-order valence-corrected chi connectivity index (χ4v) is 4.39. The van der Waals surface area contributed by atoms with Gasteiger partial charge in [-0.3, -0.25) is 4.90 Å². The number of nitrogens with two attached hydrogens (primary N) is 1. The molecule has 2 amide bonds. The van der Waals surface area contributed by atoms with E-state index in [1.54, 1.807) is 17.0 Å². The van der Waals surface area contributed by atoms with Gasteiger partial charge < -0.3 is 10.6 Å². The van der Waals surface area contributed by atoms with Crippen molar-refractivity contribution < 1.29 is 4.79 Å². The summed E-state index contributed by atoms with van der Waals surface area (Å²) in [6, 6.07) is 9.09. The third-order valence-electron chi connectivity index (χ3n) is 5.65. The predicted molar refractivity (Wildman–Crippen MR) is 99.3 cm³/mol. The molecule has 1 heterocycles. The molecule has 1 unspecified atom stereocenters. The van der Waals surface area contributed by atoms with Gasteiger partial charge in [-0.2, -0.15) is 5.26 Å². The van der Waals surface area contributed by atoms with Crippen LogP contribution >= 0.6 is 0 Å². The first-order chi connectivity index (χ1) is 12.2. The molecule has 5 nitrogen and oxygen atoms in total. The number of piperidine rings is 1. The summed E-state index contributed by atoms with van der Waals surface area (Å²) in [4.78, 5) is 16.6. The SMILES string of the molecule is N#Cc1ccc(N(C(N)=O)C2CCCC[C@H]2CN2CCCCC2)cc1. The van der Waals surface area contributed by atoms with Crippen molar-refractivity contribution in [2.24, 2.45) is 11.7 Å². The molecule has 5 heteroatoms. The summed E-state index contributed by atoms with van der Waals surface area (Å²) in [5.74, 6) is 0.468. The van der Waals surface area contributed by atoms with Crippen LogP contribution in [-0.4, -0.2) is 36.6 Å². The largest absolute Gasteiger partial charge is 0.351 e. The molecule has 3 rings (SSSR count). The van der Waals surface area contributed by atoms with Gasteiger partial charge in [-0.1, -0.05) is 19.3 Å². The molecule has 0 aromatic heterocycles. The van der Waals surface area contributed by atoms with Crippen molar-refractivity contribution in [3.63, 3.8) is 0 Å². The first kappa shape index (κ1) is 17.8. The first-order valence-electron chi connectivity index (χ1n) is 9.50. The van der Waals surface area contributed by atoms with E-state index >= 15 is 0 Å². The van der Waals surface area contributed by atoms with Gasteiger partial charge in [-0.25, -0.2) is 4.79 Å². The second kappa shape index (κ2) is 8.35. The van der Waals surface area contributed by atoms with Crippen LogP contribution in [0.25, 0.3) is 0 Å². The summed E-state index contributed by atoms with van der Waals surface area (Å²) in [5, 5.41) is 8.99. The number of amides is 2. The number of hydrogen-bond donors (Lipinski definition) is 1. The molecule has 1 saturated carbocycles. The molecule has 0 radical (unpaired) electrons. The zero-order valence-electron chi connectivity index (χ0n) is 14.9. The molecule has 2 N–H and O–H groups in total. The Morgan fingerprint density at radius 3 is 2.44 bits per heavy atom. The molecule has 0 spiro atoms. The Morgan fingerprint density at radius 2 is 1.80 bits per heavy atom. The van der Waals surface area contributed by atoms with E-state index in [2.05, 4.69) is 11.0 Å². The number of rotatable bonds is 4. The minimum absolute atomic E-state index is 0.154. The van der Waals surface area contributed by atoms with E-state index in [1.807, 2.05) is 12.1 Å². The molecule has 25 heavy (non-hydrogen) atoms. The standard InChI is InChI=1S/C20H28N4O/c21-14-16-8-10-18(11-9-16)24(20(22)25)19-7-3-2-6-17(19)15-23-12-4-1-5-13-23/h8-11,17,19H,1-7,12-13,15H2,(H2,22,25)/t17-,19?/m0/s1. The highest BCUT2D eigenvalue weighted by molar-refractivity contribution is 5.91.